The molecule has 4 rings (SSSR count). The van der Waals surface area contributed by atoms with Crippen LogP contribution in [0.1, 0.15) is 43.5 Å². The molecule has 1 aliphatic heterocycles. The fourth-order valence-corrected chi connectivity index (χ4v) is 5.35. The lowest BCUT2D eigenvalue weighted by molar-refractivity contribution is -0.143. The highest BCUT2D eigenvalue weighted by Crippen LogP contribution is 2.36. The first kappa shape index (κ1) is 30.6. The van der Waals surface area contributed by atoms with Gasteiger partial charge in [0.05, 0.1) is 47.7 Å². The van der Waals surface area contributed by atoms with Crippen molar-refractivity contribution in [1.29, 1.82) is 0 Å². The van der Waals surface area contributed by atoms with Crippen molar-refractivity contribution in [2.45, 2.75) is 33.0 Å². The molecule has 3 aromatic rings. The van der Waals surface area contributed by atoms with E-state index in [2.05, 4.69) is 9.73 Å². The standard InChI is InChI=1S/C29H27F3N2O7S/c1-5-39-21-14-18(9-12-20(21)41-15-23(35)38-4)25-24(27(37)40-6-2)16(3)33-28-34(25)26(36)22(42-28)13-17-7-10-19(11-8-17)29(30,31)32/h7-14,25H,5-6,15H2,1-4H3/b22-13-/t25-/m1/s1. The van der Waals surface area contributed by atoms with E-state index in [1.54, 1.807) is 39.0 Å². The minimum Gasteiger partial charge on any atom is -0.490 e. The number of nitrogens with zero attached hydrogens (tertiary/aromatic N) is 2. The molecule has 13 heteroatoms. The SMILES string of the molecule is CCOC(=O)C1=C(C)N=c2s/c(=C\c3ccc(C(F)(F)F)cc3)c(=O)n2[C@@H]1c1ccc(OCC(=O)OC)c(OCC)c1. The topological polar surface area (TPSA) is 105 Å². The van der Waals surface area contributed by atoms with E-state index in [1.807, 2.05) is 0 Å². The Labute approximate surface area is 242 Å². The molecule has 1 aromatic heterocycles. The highest BCUT2D eigenvalue weighted by atomic mass is 32.1. The number of carbonyl (C=O) groups is 2. The molecule has 1 aliphatic rings. The van der Waals surface area contributed by atoms with E-state index in [4.69, 9.17) is 14.2 Å². The number of thiazole rings is 1. The van der Waals surface area contributed by atoms with Gasteiger partial charge in [0, 0.05) is 0 Å². The van der Waals surface area contributed by atoms with Gasteiger partial charge in [-0.1, -0.05) is 29.5 Å². The molecule has 0 radical (unpaired) electrons. The quantitative estimate of drug-likeness (QED) is 0.343. The maximum atomic E-state index is 13.8. The normalized spacial score (nSPS) is 15.1. The van der Waals surface area contributed by atoms with E-state index >= 15 is 0 Å². The third-order valence-electron chi connectivity index (χ3n) is 6.21. The molecule has 0 saturated heterocycles. The molecule has 42 heavy (non-hydrogen) atoms. The van der Waals surface area contributed by atoms with Crippen LogP contribution in [0.3, 0.4) is 0 Å². The van der Waals surface area contributed by atoms with Crippen molar-refractivity contribution >= 4 is 29.4 Å². The molecule has 0 spiro atoms. The third-order valence-corrected chi connectivity index (χ3v) is 7.19. The molecule has 2 aromatic carbocycles. The van der Waals surface area contributed by atoms with Gasteiger partial charge >= 0.3 is 18.1 Å². The molecule has 2 heterocycles. The predicted molar refractivity (Wildman–Crippen MR) is 147 cm³/mol. The average Bonchev–Trinajstić information content (AvgIpc) is 3.25. The van der Waals surface area contributed by atoms with Crippen LogP contribution in [-0.4, -0.2) is 43.4 Å². The summed E-state index contributed by atoms with van der Waals surface area (Å²) in [5.74, 6) is -0.739. The first-order valence-electron chi connectivity index (χ1n) is 12.8. The van der Waals surface area contributed by atoms with E-state index in [0.717, 1.165) is 23.5 Å². The van der Waals surface area contributed by atoms with Crippen LogP contribution in [0.25, 0.3) is 6.08 Å². The summed E-state index contributed by atoms with van der Waals surface area (Å²) in [6.45, 7) is 5.03. The molecule has 222 valence electrons. The third kappa shape index (κ3) is 6.40. The van der Waals surface area contributed by atoms with Crippen molar-refractivity contribution in [3.63, 3.8) is 0 Å². The summed E-state index contributed by atoms with van der Waals surface area (Å²) in [6.07, 6.45) is -3.01. The van der Waals surface area contributed by atoms with Gasteiger partial charge < -0.3 is 18.9 Å². The van der Waals surface area contributed by atoms with Gasteiger partial charge in [-0.05, 0) is 62.2 Å². The van der Waals surface area contributed by atoms with E-state index in [0.29, 0.717) is 16.8 Å². The second-order valence-electron chi connectivity index (χ2n) is 8.93. The second kappa shape index (κ2) is 12.6. The first-order chi connectivity index (χ1) is 20.0. The number of alkyl halides is 3. The smallest absolute Gasteiger partial charge is 0.416 e. The van der Waals surface area contributed by atoms with Crippen molar-refractivity contribution in [2.24, 2.45) is 4.99 Å². The maximum absolute atomic E-state index is 13.8. The van der Waals surface area contributed by atoms with Crippen LogP contribution < -0.4 is 24.4 Å². The number of benzene rings is 2. The lowest BCUT2D eigenvalue weighted by atomic mass is 9.95. The van der Waals surface area contributed by atoms with Crippen LogP contribution in [-0.2, 0) is 25.2 Å². The molecule has 0 N–H and O–H groups in total. The number of allylic oxidation sites excluding steroid dienone is 1. The van der Waals surface area contributed by atoms with E-state index < -0.39 is 35.3 Å². The molecule has 0 bridgehead atoms. The Bertz CT molecular complexity index is 1710. The summed E-state index contributed by atoms with van der Waals surface area (Å²) in [5, 5.41) is 0. The monoisotopic (exact) mass is 604 g/mol. The average molecular weight is 605 g/mol. The Kier molecular flexibility index (Phi) is 9.20. The molecular weight excluding hydrogens is 577 g/mol. The summed E-state index contributed by atoms with van der Waals surface area (Å²) in [4.78, 5) is 43.3. The van der Waals surface area contributed by atoms with Crippen LogP contribution in [0.2, 0.25) is 0 Å². The zero-order chi connectivity index (χ0) is 30.6. The van der Waals surface area contributed by atoms with Crippen LogP contribution in [0.4, 0.5) is 13.2 Å². The van der Waals surface area contributed by atoms with E-state index in [1.165, 1.54) is 29.9 Å². The largest absolute Gasteiger partial charge is 0.490 e. The zero-order valence-electron chi connectivity index (χ0n) is 23.1. The predicted octanol–water partition coefficient (Wildman–Crippen LogP) is 3.77. The number of rotatable bonds is 9. The number of methoxy groups -OCH3 is 1. The maximum Gasteiger partial charge on any atom is 0.416 e. The van der Waals surface area contributed by atoms with Crippen LogP contribution in [0.15, 0.2) is 63.5 Å². The number of ether oxygens (including phenoxy) is 4. The van der Waals surface area contributed by atoms with Crippen LogP contribution in [0, 0.1) is 0 Å². The number of halogens is 3. The summed E-state index contributed by atoms with van der Waals surface area (Å²) in [7, 11) is 1.23. The number of fused-ring (bicyclic) bond motifs is 1. The van der Waals surface area contributed by atoms with Crippen LogP contribution >= 0.6 is 11.3 Å². The number of esters is 2. The lowest BCUT2D eigenvalue weighted by Gasteiger charge is -2.25. The van der Waals surface area contributed by atoms with Gasteiger partial charge in [0.15, 0.2) is 22.9 Å². The second-order valence-corrected chi connectivity index (χ2v) is 9.94. The summed E-state index contributed by atoms with van der Waals surface area (Å²) in [5.41, 5.74) is 0.0305. The van der Waals surface area contributed by atoms with Crippen LogP contribution in [0.5, 0.6) is 11.5 Å². The summed E-state index contributed by atoms with van der Waals surface area (Å²) in [6, 6.07) is 8.24. The molecule has 1 atom stereocenters. The Balaban J connectivity index is 1.87. The number of hydrogen-bond donors (Lipinski definition) is 0. The fourth-order valence-electron chi connectivity index (χ4n) is 4.30. The van der Waals surface area contributed by atoms with E-state index in [-0.39, 0.29) is 46.2 Å². The Morgan fingerprint density at radius 3 is 2.38 bits per heavy atom. The minimum atomic E-state index is -4.49. The van der Waals surface area contributed by atoms with Crippen molar-refractivity contribution in [2.75, 3.05) is 26.9 Å². The van der Waals surface area contributed by atoms with Crippen molar-refractivity contribution in [1.82, 2.24) is 4.57 Å². The molecule has 0 unspecified atom stereocenters. The Morgan fingerprint density at radius 2 is 1.76 bits per heavy atom. The Hall–Kier alpha value is -4.39. The first-order valence-corrected chi connectivity index (χ1v) is 13.6. The number of aromatic nitrogens is 1. The van der Waals surface area contributed by atoms with Gasteiger partial charge in [-0.2, -0.15) is 13.2 Å². The zero-order valence-corrected chi connectivity index (χ0v) is 23.9. The molecule has 0 fully saturated rings. The van der Waals surface area contributed by atoms with Crippen molar-refractivity contribution in [3.8, 4) is 11.5 Å². The lowest BCUT2D eigenvalue weighted by Crippen LogP contribution is -2.40. The van der Waals surface area contributed by atoms with Gasteiger partial charge in [0.1, 0.15) is 0 Å². The van der Waals surface area contributed by atoms with Gasteiger partial charge in [-0.25, -0.2) is 14.6 Å². The fraction of sp³-hybridized carbons (Fsp3) is 0.310. The number of hydrogen-bond acceptors (Lipinski definition) is 9. The molecular formula is C29H27F3N2O7S. The van der Waals surface area contributed by atoms with Gasteiger partial charge in [0.2, 0.25) is 0 Å². The highest BCUT2D eigenvalue weighted by Gasteiger charge is 2.34. The molecule has 0 saturated carbocycles. The highest BCUT2D eigenvalue weighted by molar-refractivity contribution is 7.07. The summed E-state index contributed by atoms with van der Waals surface area (Å²) < 4.78 is 61.8. The van der Waals surface area contributed by atoms with Crippen molar-refractivity contribution in [3.05, 3.63) is 90.1 Å². The molecule has 0 amide bonds. The van der Waals surface area contributed by atoms with Gasteiger partial charge in [-0.15, -0.1) is 0 Å². The van der Waals surface area contributed by atoms with Gasteiger partial charge in [-0.3, -0.25) is 9.36 Å². The van der Waals surface area contributed by atoms with Crippen molar-refractivity contribution < 1.29 is 41.7 Å². The number of carbonyl (C=O) groups excluding carboxylic acids is 2. The Morgan fingerprint density at radius 1 is 1.05 bits per heavy atom. The molecule has 0 aliphatic carbocycles. The summed E-state index contributed by atoms with van der Waals surface area (Å²) >= 11 is 1.04. The van der Waals surface area contributed by atoms with E-state index in [9.17, 15) is 27.6 Å². The molecule has 9 nitrogen and oxygen atoms in total. The minimum absolute atomic E-state index is 0.0885. The van der Waals surface area contributed by atoms with Gasteiger partial charge in [0.25, 0.3) is 5.56 Å².